The first-order chi connectivity index (χ1) is 11.0. The quantitative estimate of drug-likeness (QED) is 0.339. The van der Waals surface area contributed by atoms with Gasteiger partial charge in [0.15, 0.2) is 0 Å². The third kappa shape index (κ3) is 12.7. The highest BCUT2D eigenvalue weighted by atomic mass is 16.3. The molecule has 0 aromatic rings. The van der Waals surface area contributed by atoms with Crippen molar-refractivity contribution in [1.82, 2.24) is 16.0 Å². The van der Waals surface area contributed by atoms with Gasteiger partial charge < -0.3 is 21.1 Å². The number of aliphatic hydroxyl groups excluding tert-OH is 1. The maximum atomic E-state index is 11.6. The molecular formula is C16H31N3O4. The van der Waals surface area contributed by atoms with Crippen molar-refractivity contribution in [1.29, 1.82) is 0 Å². The molecule has 7 heteroatoms. The van der Waals surface area contributed by atoms with E-state index in [0.717, 1.165) is 25.8 Å². The number of ketones is 1. The van der Waals surface area contributed by atoms with Gasteiger partial charge in [-0.15, -0.1) is 0 Å². The van der Waals surface area contributed by atoms with Gasteiger partial charge in [0.25, 0.3) is 0 Å². The second kappa shape index (κ2) is 14.1. The average Bonchev–Trinajstić information content (AvgIpc) is 2.51. The molecule has 0 saturated heterocycles. The minimum Gasteiger partial charge on any atom is -0.395 e. The Morgan fingerprint density at radius 2 is 1.57 bits per heavy atom. The van der Waals surface area contributed by atoms with Crippen molar-refractivity contribution in [3.63, 3.8) is 0 Å². The molecule has 1 atom stereocenters. The molecule has 0 aliphatic carbocycles. The van der Waals surface area contributed by atoms with E-state index in [4.69, 9.17) is 5.11 Å². The Kier molecular flexibility index (Phi) is 13.2. The van der Waals surface area contributed by atoms with E-state index in [1.807, 2.05) is 6.92 Å². The van der Waals surface area contributed by atoms with Gasteiger partial charge in [-0.2, -0.15) is 0 Å². The molecule has 0 spiro atoms. The normalized spacial score (nSPS) is 11.8. The first-order valence-corrected chi connectivity index (χ1v) is 8.39. The first kappa shape index (κ1) is 21.5. The standard InChI is InChI=1S/C16H31N3O4/c1-3-17-14(13(2)21)7-4-5-10-18-15(22)8-6-9-16(23)19-11-12-20/h14,17,20H,3-12H2,1-2H3,(H,18,22)(H,19,23). The van der Waals surface area contributed by atoms with Crippen LogP contribution in [0.4, 0.5) is 0 Å². The highest BCUT2D eigenvalue weighted by Gasteiger charge is 2.11. The topological polar surface area (TPSA) is 108 Å². The summed E-state index contributed by atoms with van der Waals surface area (Å²) in [7, 11) is 0. The number of hydrogen-bond acceptors (Lipinski definition) is 5. The predicted molar refractivity (Wildman–Crippen MR) is 89.0 cm³/mol. The molecule has 0 heterocycles. The van der Waals surface area contributed by atoms with E-state index in [1.165, 1.54) is 0 Å². The molecule has 0 bridgehead atoms. The number of carbonyl (C=O) groups excluding carboxylic acids is 3. The number of aliphatic hydroxyl groups is 1. The molecular weight excluding hydrogens is 298 g/mol. The Bertz CT molecular complexity index is 361. The number of carbonyl (C=O) groups is 3. The summed E-state index contributed by atoms with van der Waals surface area (Å²) >= 11 is 0. The molecule has 0 fully saturated rings. The number of nitrogens with one attached hydrogen (secondary N) is 3. The van der Waals surface area contributed by atoms with Crippen molar-refractivity contribution in [2.75, 3.05) is 26.2 Å². The maximum Gasteiger partial charge on any atom is 0.220 e. The van der Waals surface area contributed by atoms with E-state index < -0.39 is 0 Å². The second-order valence-corrected chi connectivity index (χ2v) is 5.49. The number of likely N-dealkylation sites (N-methyl/N-ethyl adjacent to an activating group) is 1. The number of Topliss-reactive ketones (excluding diaryl/α,β-unsaturated/α-hetero) is 1. The van der Waals surface area contributed by atoms with Gasteiger partial charge in [0.05, 0.1) is 12.6 Å². The summed E-state index contributed by atoms with van der Waals surface area (Å²) in [6.07, 6.45) is 3.59. The molecule has 0 aromatic carbocycles. The van der Waals surface area contributed by atoms with E-state index in [0.29, 0.717) is 19.4 Å². The number of amides is 2. The van der Waals surface area contributed by atoms with E-state index in [9.17, 15) is 14.4 Å². The lowest BCUT2D eigenvalue weighted by Crippen LogP contribution is -2.35. The second-order valence-electron chi connectivity index (χ2n) is 5.49. The number of rotatable bonds is 14. The van der Waals surface area contributed by atoms with E-state index in [1.54, 1.807) is 6.92 Å². The fourth-order valence-electron chi connectivity index (χ4n) is 2.18. The van der Waals surface area contributed by atoms with Crippen LogP contribution in [0.3, 0.4) is 0 Å². The van der Waals surface area contributed by atoms with Crippen molar-refractivity contribution in [3.05, 3.63) is 0 Å². The van der Waals surface area contributed by atoms with Crippen molar-refractivity contribution >= 4 is 17.6 Å². The minimum absolute atomic E-state index is 0.0604. The molecule has 0 aliphatic heterocycles. The van der Waals surface area contributed by atoms with Crippen LogP contribution >= 0.6 is 0 Å². The number of hydrogen-bond donors (Lipinski definition) is 4. The van der Waals surface area contributed by atoms with Crippen molar-refractivity contribution < 1.29 is 19.5 Å². The van der Waals surface area contributed by atoms with Crippen LogP contribution in [0.25, 0.3) is 0 Å². The molecule has 0 aromatic heterocycles. The van der Waals surface area contributed by atoms with E-state index >= 15 is 0 Å². The monoisotopic (exact) mass is 329 g/mol. The zero-order valence-electron chi connectivity index (χ0n) is 14.3. The first-order valence-electron chi connectivity index (χ1n) is 8.39. The highest BCUT2D eigenvalue weighted by molar-refractivity contribution is 5.81. The van der Waals surface area contributed by atoms with Crippen LogP contribution in [0.1, 0.15) is 52.4 Å². The minimum atomic E-state index is -0.148. The van der Waals surface area contributed by atoms with Crippen LogP contribution in [-0.4, -0.2) is 55.0 Å². The van der Waals surface area contributed by atoms with Gasteiger partial charge in [0.2, 0.25) is 11.8 Å². The lowest BCUT2D eigenvalue weighted by Gasteiger charge is -2.14. The summed E-state index contributed by atoms with van der Waals surface area (Å²) in [6, 6.07) is -0.0897. The number of unbranched alkanes of at least 4 members (excludes halogenated alkanes) is 1. The summed E-state index contributed by atoms with van der Waals surface area (Å²) < 4.78 is 0. The van der Waals surface area contributed by atoms with Crippen LogP contribution in [0.2, 0.25) is 0 Å². The van der Waals surface area contributed by atoms with Crippen LogP contribution in [0.15, 0.2) is 0 Å². The van der Waals surface area contributed by atoms with Crippen LogP contribution in [0, 0.1) is 0 Å². The van der Waals surface area contributed by atoms with Crippen molar-refractivity contribution in [3.8, 4) is 0 Å². The van der Waals surface area contributed by atoms with Crippen LogP contribution < -0.4 is 16.0 Å². The molecule has 2 amide bonds. The van der Waals surface area contributed by atoms with Crippen LogP contribution in [0.5, 0.6) is 0 Å². The lowest BCUT2D eigenvalue weighted by molar-refractivity contribution is -0.123. The molecule has 134 valence electrons. The average molecular weight is 329 g/mol. The Morgan fingerprint density at radius 3 is 2.09 bits per heavy atom. The molecule has 0 radical (unpaired) electrons. The Balaban J connectivity index is 3.59. The van der Waals surface area contributed by atoms with Gasteiger partial charge in [0.1, 0.15) is 5.78 Å². The van der Waals surface area contributed by atoms with Crippen molar-refractivity contribution in [2.45, 2.75) is 58.4 Å². The predicted octanol–water partition coefficient (Wildman–Crippen LogP) is 0.119. The molecule has 0 aliphatic rings. The van der Waals surface area contributed by atoms with Crippen molar-refractivity contribution in [2.24, 2.45) is 0 Å². The summed E-state index contributed by atoms with van der Waals surface area (Å²) in [5, 5.41) is 17.1. The lowest BCUT2D eigenvalue weighted by atomic mass is 10.1. The maximum absolute atomic E-state index is 11.6. The van der Waals surface area contributed by atoms with Gasteiger partial charge in [-0.3, -0.25) is 14.4 Å². The third-order valence-corrected chi connectivity index (χ3v) is 3.42. The van der Waals surface area contributed by atoms with Gasteiger partial charge in [0, 0.05) is 25.9 Å². The highest BCUT2D eigenvalue weighted by Crippen LogP contribution is 2.02. The summed E-state index contributed by atoms with van der Waals surface area (Å²) in [6.45, 7) is 5.09. The largest absolute Gasteiger partial charge is 0.395 e. The molecule has 7 nitrogen and oxygen atoms in total. The SMILES string of the molecule is CCNC(CCCCNC(=O)CCCC(=O)NCCO)C(C)=O. The van der Waals surface area contributed by atoms with E-state index in [2.05, 4.69) is 16.0 Å². The molecule has 0 rings (SSSR count). The van der Waals surface area contributed by atoms with Gasteiger partial charge >= 0.3 is 0 Å². The summed E-state index contributed by atoms with van der Waals surface area (Å²) in [5.74, 6) is -0.0596. The Hall–Kier alpha value is -1.47. The van der Waals surface area contributed by atoms with Gasteiger partial charge in [-0.1, -0.05) is 6.92 Å². The zero-order chi connectivity index (χ0) is 17.5. The molecule has 0 saturated carbocycles. The zero-order valence-corrected chi connectivity index (χ0v) is 14.3. The Labute approximate surface area is 138 Å². The molecule has 1 unspecified atom stereocenters. The van der Waals surface area contributed by atoms with Gasteiger partial charge in [-0.25, -0.2) is 0 Å². The fraction of sp³-hybridized carbons (Fsp3) is 0.812. The smallest absolute Gasteiger partial charge is 0.220 e. The van der Waals surface area contributed by atoms with Crippen LogP contribution in [-0.2, 0) is 14.4 Å². The summed E-state index contributed by atoms with van der Waals surface area (Å²) in [5.41, 5.74) is 0. The van der Waals surface area contributed by atoms with E-state index in [-0.39, 0.29) is 43.2 Å². The summed E-state index contributed by atoms with van der Waals surface area (Å²) in [4.78, 5) is 34.2. The molecule has 4 N–H and O–H groups in total. The Morgan fingerprint density at radius 1 is 0.957 bits per heavy atom. The molecule has 23 heavy (non-hydrogen) atoms. The fourth-order valence-corrected chi connectivity index (χ4v) is 2.18. The third-order valence-electron chi connectivity index (χ3n) is 3.42. The van der Waals surface area contributed by atoms with Gasteiger partial charge in [-0.05, 0) is 39.2 Å².